The Morgan fingerprint density at radius 1 is 0.490 bits per heavy atom. The highest BCUT2D eigenvalue weighted by Gasteiger charge is 2.28. The lowest BCUT2D eigenvalue weighted by Crippen LogP contribution is -2.53. The summed E-state index contributed by atoms with van der Waals surface area (Å²) in [6.45, 7) is 3.97. The van der Waals surface area contributed by atoms with Crippen molar-refractivity contribution in [3.63, 3.8) is 0 Å². The van der Waals surface area contributed by atoms with Gasteiger partial charge in [0.15, 0.2) is 0 Å². The molecule has 0 bridgehead atoms. The highest BCUT2D eigenvalue weighted by Crippen LogP contribution is 2.16. The van der Waals surface area contributed by atoms with Crippen LogP contribution in [0.5, 0.6) is 0 Å². The molecule has 4 unspecified atom stereocenters. The minimum absolute atomic E-state index is 0.341. The minimum Gasteiger partial charge on any atom is -0.394 e. The van der Waals surface area contributed by atoms with E-state index in [0.717, 1.165) is 51.4 Å². The Balaban J connectivity index is 3.70. The maximum atomic E-state index is 12.4. The number of aliphatic hydroxyl groups is 4. The molecule has 0 aromatic rings. The third-order valence-corrected chi connectivity index (χ3v) is 9.88. The molecule has 4 atom stereocenters. The largest absolute Gasteiger partial charge is 0.394 e. The van der Waals surface area contributed by atoms with Crippen molar-refractivity contribution in [2.45, 2.75) is 237 Å². The van der Waals surface area contributed by atoms with Crippen LogP contribution in [0.4, 0.5) is 0 Å². The molecular formula is C43H83NO5. The second-order valence-corrected chi connectivity index (χ2v) is 14.7. The summed E-state index contributed by atoms with van der Waals surface area (Å²) in [5.41, 5.74) is 0. The number of hydrogen-bond acceptors (Lipinski definition) is 5. The van der Waals surface area contributed by atoms with E-state index in [1.54, 1.807) is 0 Å². The summed E-state index contributed by atoms with van der Waals surface area (Å²) in [4.78, 5) is 12.4. The van der Waals surface area contributed by atoms with Gasteiger partial charge in [-0.15, -0.1) is 0 Å². The van der Waals surface area contributed by atoms with Crippen molar-refractivity contribution in [1.82, 2.24) is 5.32 Å². The zero-order chi connectivity index (χ0) is 36.0. The fraction of sp³-hybridized carbons (Fsp3) is 0.884. The van der Waals surface area contributed by atoms with E-state index >= 15 is 0 Å². The smallest absolute Gasteiger partial charge is 0.249 e. The van der Waals surface area contributed by atoms with Gasteiger partial charge in [-0.25, -0.2) is 0 Å². The first-order chi connectivity index (χ1) is 24.0. The van der Waals surface area contributed by atoms with Crippen LogP contribution in [0.3, 0.4) is 0 Å². The van der Waals surface area contributed by atoms with Gasteiger partial charge in [-0.3, -0.25) is 4.79 Å². The standard InChI is InChI=1S/C43H83NO5/c1-3-5-7-9-11-13-14-15-16-17-18-19-20-21-22-23-24-25-26-27-29-30-32-34-36-40(46)42(48)39(38-45)44-43(49)41(47)37-35-33-31-28-12-10-8-6-4-2/h10,12,29-30,39-42,45-48H,3-9,11,13-28,31-38H2,1-2H3,(H,44,49)/b12-10-,30-29+. The molecule has 1 amide bonds. The zero-order valence-electron chi connectivity index (χ0n) is 32.4. The molecule has 0 heterocycles. The van der Waals surface area contributed by atoms with Gasteiger partial charge in [-0.1, -0.05) is 179 Å². The molecule has 6 nitrogen and oxygen atoms in total. The van der Waals surface area contributed by atoms with Gasteiger partial charge in [-0.2, -0.15) is 0 Å². The molecule has 0 aliphatic carbocycles. The summed E-state index contributed by atoms with van der Waals surface area (Å²) < 4.78 is 0. The van der Waals surface area contributed by atoms with Gasteiger partial charge >= 0.3 is 0 Å². The van der Waals surface area contributed by atoms with E-state index in [4.69, 9.17) is 0 Å². The van der Waals surface area contributed by atoms with Crippen LogP contribution in [0.2, 0.25) is 0 Å². The van der Waals surface area contributed by atoms with Crippen molar-refractivity contribution in [2.24, 2.45) is 0 Å². The third kappa shape index (κ3) is 32.4. The topological polar surface area (TPSA) is 110 Å². The number of amides is 1. The average Bonchev–Trinajstić information content (AvgIpc) is 3.11. The number of rotatable bonds is 38. The van der Waals surface area contributed by atoms with Crippen LogP contribution in [0.25, 0.3) is 0 Å². The number of allylic oxidation sites excluding steroid dienone is 4. The highest BCUT2D eigenvalue weighted by atomic mass is 16.3. The first-order valence-corrected chi connectivity index (χ1v) is 21.2. The Morgan fingerprint density at radius 2 is 0.857 bits per heavy atom. The molecular weight excluding hydrogens is 610 g/mol. The van der Waals surface area contributed by atoms with Crippen LogP contribution in [0.15, 0.2) is 24.3 Å². The van der Waals surface area contributed by atoms with Crippen molar-refractivity contribution in [3.05, 3.63) is 24.3 Å². The van der Waals surface area contributed by atoms with E-state index in [9.17, 15) is 25.2 Å². The van der Waals surface area contributed by atoms with Gasteiger partial charge in [0.1, 0.15) is 12.2 Å². The number of carbonyl (C=O) groups is 1. The molecule has 0 aromatic heterocycles. The van der Waals surface area contributed by atoms with E-state index in [2.05, 4.69) is 43.5 Å². The molecule has 6 heteroatoms. The van der Waals surface area contributed by atoms with E-state index in [0.29, 0.717) is 12.8 Å². The Morgan fingerprint density at radius 3 is 1.29 bits per heavy atom. The van der Waals surface area contributed by atoms with Gasteiger partial charge in [0.05, 0.1) is 18.8 Å². The number of aliphatic hydroxyl groups excluding tert-OH is 4. The quantitative estimate of drug-likeness (QED) is 0.0327. The molecule has 0 radical (unpaired) electrons. The summed E-state index contributed by atoms with van der Waals surface area (Å²) in [5.74, 6) is -0.609. The van der Waals surface area contributed by atoms with Crippen molar-refractivity contribution in [3.8, 4) is 0 Å². The van der Waals surface area contributed by atoms with Crippen LogP contribution in [-0.4, -0.2) is 57.3 Å². The first-order valence-electron chi connectivity index (χ1n) is 21.2. The monoisotopic (exact) mass is 694 g/mol. The molecule has 0 aliphatic rings. The normalized spacial score (nSPS) is 14.5. The van der Waals surface area contributed by atoms with Crippen molar-refractivity contribution >= 4 is 5.91 Å². The van der Waals surface area contributed by atoms with Gasteiger partial charge in [-0.05, 0) is 57.8 Å². The fourth-order valence-electron chi connectivity index (χ4n) is 6.44. The fourth-order valence-corrected chi connectivity index (χ4v) is 6.44. The SMILES string of the molecule is CCCC/C=C\CCCCCC(O)C(=O)NC(CO)C(O)C(O)CCC/C=C/CCCCCCCCCCCCCCCCCCCCC. The summed E-state index contributed by atoms with van der Waals surface area (Å²) in [7, 11) is 0. The predicted molar refractivity (Wildman–Crippen MR) is 210 cm³/mol. The van der Waals surface area contributed by atoms with Gasteiger partial charge in [0, 0.05) is 0 Å². The lowest BCUT2D eigenvalue weighted by atomic mass is 10.00. The van der Waals surface area contributed by atoms with E-state index < -0.39 is 36.9 Å². The number of hydrogen-bond donors (Lipinski definition) is 5. The third-order valence-electron chi connectivity index (χ3n) is 9.88. The summed E-state index contributed by atoms with van der Waals surface area (Å²) >= 11 is 0. The molecule has 5 N–H and O–H groups in total. The molecule has 0 rings (SSSR count). The van der Waals surface area contributed by atoms with Gasteiger partial charge in [0.2, 0.25) is 5.91 Å². The van der Waals surface area contributed by atoms with Crippen LogP contribution in [-0.2, 0) is 4.79 Å². The molecule has 0 saturated carbocycles. The van der Waals surface area contributed by atoms with E-state index in [1.165, 1.54) is 135 Å². The maximum absolute atomic E-state index is 12.4. The van der Waals surface area contributed by atoms with Crippen molar-refractivity contribution in [1.29, 1.82) is 0 Å². The average molecular weight is 694 g/mol. The maximum Gasteiger partial charge on any atom is 0.249 e. The Hall–Kier alpha value is -1.21. The highest BCUT2D eigenvalue weighted by molar-refractivity contribution is 5.80. The number of carbonyl (C=O) groups excluding carboxylic acids is 1. The zero-order valence-corrected chi connectivity index (χ0v) is 32.4. The van der Waals surface area contributed by atoms with Gasteiger partial charge < -0.3 is 25.7 Å². The van der Waals surface area contributed by atoms with Crippen LogP contribution in [0.1, 0.15) is 213 Å². The van der Waals surface area contributed by atoms with E-state index in [1.807, 2.05) is 0 Å². The second-order valence-electron chi connectivity index (χ2n) is 14.7. The summed E-state index contributed by atoms with van der Waals surface area (Å²) in [5, 5.41) is 43.4. The van der Waals surface area contributed by atoms with Crippen molar-refractivity contribution in [2.75, 3.05) is 6.61 Å². The summed E-state index contributed by atoms with van der Waals surface area (Å²) in [6.07, 6.45) is 42.4. The Kier molecular flexibility index (Phi) is 37.1. The minimum atomic E-state index is -1.28. The molecule has 290 valence electrons. The Bertz CT molecular complexity index is 742. The van der Waals surface area contributed by atoms with Crippen LogP contribution >= 0.6 is 0 Å². The van der Waals surface area contributed by atoms with Crippen LogP contribution in [0, 0.1) is 0 Å². The number of unbranched alkanes of at least 4 members (excludes halogenated alkanes) is 25. The van der Waals surface area contributed by atoms with Crippen LogP contribution < -0.4 is 5.32 Å². The molecule has 0 spiro atoms. The lowest BCUT2D eigenvalue weighted by Gasteiger charge is -2.27. The summed E-state index contributed by atoms with van der Waals surface area (Å²) in [6, 6.07) is -1.00. The molecule has 0 fully saturated rings. The second kappa shape index (κ2) is 38.0. The Labute approximate surface area is 304 Å². The molecule has 0 aliphatic heterocycles. The number of nitrogens with one attached hydrogen (secondary N) is 1. The molecule has 49 heavy (non-hydrogen) atoms. The molecule has 0 saturated heterocycles. The van der Waals surface area contributed by atoms with Gasteiger partial charge in [0.25, 0.3) is 0 Å². The van der Waals surface area contributed by atoms with E-state index in [-0.39, 0.29) is 0 Å². The first kappa shape index (κ1) is 47.8. The lowest BCUT2D eigenvalue weighted by molar-refractivity contribution is -0.132. The molecule has 0 aromatic carbocycles. The van der Waals surface area contributed by atoms with Crippen molar-refractivity contribution < 1.29 is 25.2 Å². The predicted octanol–water partition coefficient (Wildman–Crippen LogP) is 10.8.